The average Bonchev–Trinajstić information content (AvgIpc) is 2.49. The topological polar surface area (TPSA) is 52.0 Å². The van der Waals surface area contributed by atoms with Crippen LogP contribution in [0, 0.1) is 13.8 Å². The quantitative estimate of drug-likeness (QED) is 0.813. The number of aromatic nitrogens is 1. The van der Waals surface area contributed by atoms with Crippen LogP contribution < -0.4 is 5.73 Å². The molecule has 15 heavy (non-hydrogen) atoms. The first-order chi connectivity index (χ1) is 7.15. The molecule has 0 saturated carbocycles. The van der Waals surface area contributed by atoms with E-state index in [2.05, 4.69) is 36.2 Å². The lowest BCUT2D eigenvalue weighted by atomic mass is 10.1. The summed E-state index contributed by atoms with van der Waals surface area (Å²) in [6.07, 6.45) is 0.746. The molecule has 1 aromatic carbocycles. The molecule has 2 aromatic rings. The lowest BCUT2D eigenvalue weighted by molar-refractivity contribution is 0.532. The van der Waals surface area contributed by atoms with E-state index in [1.807, 2.05) is 6.92 Å². The third kappa shape index (κ3) is 2.18. The molecule has 1 heterocycles. The number of hydrogen-bond acceptors (Lipinski definition) is 3. The Bertz CT molecular complexity index is 457. The van der Waals surface area contributed by atoms with E-state index in [0.29, 0.717) is 0 Å². The number of oxazole rings is 1. The molecular weight excluding hydrogens is 188 g/mol. The highest BCUT2D eigenvalue weighted by Gasteiger charge is 2.07. The number of nitrogens with two attached hydrogens (primary N) is 1. The van der Waals surface area contributed by atoms with E-state index in [9.17, 15) is 0 Å². The van der Waals surface area contributed by atoms with Gasteiger partial charge in [0, 0.05) is 6.42 Å². The molecule has 0 amide bonds. The highest BCUT2D eigenvalue weighted by Crippen LogP contribution is 2.16. The molecule has 0 spiro atoms. The maximum Gasteiger partial charge on any atom is 0.292 e. The molecule has 0 saturated heterocycles. The molecule has 0 aliphatic carbocycles. The summed E-state index contributed by atoms with van der Waals surface area (Å²) in [7, 11) is 0. The van der Waals surface area contributed by atoms with Gasteiger partial charge in [-0.1, -0.05) is 29.8 Å². The fourth-order valence-electron chi connectivity index (χ4n) is 1.51. The van der Waals surface area contributed by atoms with Crippen molar-refractivity contribution >= 4 is 6.01 Å². The van der Waals surface area contributed by atoms with Gasteiger partial charge in [-0.15, -0.1) is 0 Å². The zero-order chi connectivity index (χ0) is 10.8. The highest BCUT2D eigenvalue weighted by atomic mass is 16.4. The molecule has 3 nitrogen and oxygen atoms in total. The first-order valence-corrected chi connectivity index (χ1v) is 4.92. The van der Waals surface area contributed by atoms with Crippen molar-refractivity contribution in [2.45, 2.75) is 20.3 Å². The number of anilines is 1. The van der Waals surface area contributed by atoms with Crippen LogP contribution >= 0.6 is 0 Å². The predicted molar refractivity (Wildman–Crippen MR) is 59.6 cm³/mol. The summed E-state index contributed by atoms with van der Waals surface area (Å²) in [6, 6.07) is 8.60. The van der Waals surface area contributed by atoms with Gasteiger partial charge in [0.2, 0.25) is 0 Å². The molecule has 0 aliphatic rings. The highest BCUT2D eigenvalue weighted by molar-refractivity contribution is 5.28. The molecule has 3 heteroatoms. The van der Waals surface area contributed by atoms with Crippen LogP contribution in [0.5, 0.6) is 0 Å². The summed E-state index contributed by atoms with van der Waals surface area (Å²) in [4.78, 5) is 4.04. The zero-order valence-corrected chi connectivity index (χ0v) is 8.95. The van der Waals surface area contributed by atoms with E-state index in [1.165, 1.54) is 11.1 Å². The van der Waals surface area contributed by atoms with Crippen molar-refractivity contribution in [1.29, 1.82) is 0 Å². The first-order valence-electron chi connectivity index (χ1n) is 4.92. The fraction of sp³-hybridized carbons (Fsp3) is 0.250. The van der Waals surface area contributed by atoms with E-state index in [0.717, 1.165) is 17.9 Å². The van der Waals surface area contributed by atoms with Crippen LogP contribution in [-0.4, -0.2) is 4.98 Å². The average molecular weight is 202 g/mol. The minimum Gasteiger partial charge on any atom is -0.428 e. The van der Waals surface area contributed by atoms with Crippen LogP contribution in [0.25, 0.3) is 0 Å². The predicted octanol–water partition coefficient (Wildman–Crippen LogP) is 2.46. The number of nitrogen functional groups attached to an aromatic ring is 1. The summed E-state index contributed by atoms with van der Waals surface area (Å²) in [5.41, 5.74) is 8.81. The van der Waals surface area contributed by atoms with Gasteiger partial charge in [0.05, 0.1) is 5.69 Å². The van der Waals surface area contributed by atoms with Crippen LogP contribution in [0.4, 0.5) is 6.01 Å². The van der Waals surface area contributed by atoms with Gasteiger partial charge < -0.3 is 10.2 Å². The first kappa shape index (κ1) is 9.77. The number of aryl methyl sites for hydroxylation is 2. The summed E-state index contributed by atoms with van der Waals surface area (Å²) >= 11 is 0. The van der Waals surface area contributed by atoms with Gasteiger partial charge in [-0.25, -0.2) is 0 Å². The molecule has 0 aliphatic heterocycles. The zero-order valence-electron chi connectivity index (χ0n) is 8.95. The van der Waals surface area contributed by atoms with Crippen LogP contribution in [-0.2, 0) is 6.42 Å². The van der Waals surface area contributed by atoms with Crippen LogP contribution in [0.2, 0.25) is 0 Å². The Balaban J connectivity index is 2.21. The largest absolute Gasteiger partial charge is 0.428 e. The van der Waals surface area contributed by atoms with Gasteiger partial charge in [-0.2, -0.15) is 4.98 Å². The summed E-state index contributed by atoms with van der Waals surface area (Å²) in [6.45, 7) is 3.98. The smallest absolute Gasteiger partial charge is 0.292 e. The van der Waals surface area contributed by atoms with Crippen molar-refractivity contribution in [3.63, 3.8) is 0 Å². The van der Waals surface area contributed by atoms with Crippen molar-refractivity contribution in [2.24, 2.45) is 0 Å². The number of nitrogens with zero attached hydrogens (tertiary/aromatic N) is 1. The van der Waals surface area contributed by atoms with Crippen molar-refractivity contribution in [3.05, 3.63) is 46.8 Å². The van der Waals surface area contributed by atoms with E-state index in [4.69, 9.17) is 10.2 Å². The molecule has 0 bridgehead atoms. The van der Waals surface area contributed by atoms with Crippen LogP contribution in [0.3, 0.4) is 0 Å². The van der Waals surface area contributed by atoms with E-state index in [-0.39, 0.29) is 6.01 Å². The second kappa shape index (κ2) is 3.77. The second-order valence-electron chi connectivity index (χ2n) is 3.72. The van der Waals surface area contributed by atoms with E-state index >= 15 is 0 Å². The van der Waals surface area contributed by atoms with Gasteiger partial charge in [-0.05, 0) is 19.4 Å². The third-order valence-corrected chi connectivity index (χ3v) is 2.39. The molecule has 0 radical (unpaired) electrons. The lowest BCUT2D eigenvalue weighted by Crippen LogP contribution is -1.88. The lowest BCUT2D eigenvalue weighted by Gasteiger charge is -1.99. The van der Waals surface area contributed by atoms with E-state index < -0.39 is 0 Å². The van der Waals surface area contributed by atoms with Gasteiger partial charge >= 0.3 is 0 Å². The Morgan fingerprint density at radius 1 is 1.20 bits per heavy atom. The number of benzene rings is 1. The molecule has 78 valence electrons. The minimum atomic E-state index is 0.245. The Morgan fingerprint density at radius 3 is 2.40 bits per heavy atom. The van der Waals surface area contributed by atoms with Crippen LogP contribution in [0.1, 0.15) is 22.6 Å². The maximum absolute atomic E-state index is 5.48. The summed E-state index contributed by atoms with van der Waals surface area (Å²) < 4.78 is 5.32. The molecule has 0 atom stereocenters. The maximum atomic E-state index is 5.48. The Hall–Kier alpha value is -1.77. The molecule has 2 N–H and O–H groups in total. The molecular formula is C12H14N2O. The normalized spacial score (nSPS) is 10.5. The third-order valence-electron chi connectivity index (χ3n) is 2.39. The Kier molecular flexibility index (Phi) is 2.46. The van der Waals surface area contributed by atoms with Gasteiger partial charge in [0.15, 0.2) is 0 Å². The SMILES string of the molecule is Cc1ccc(Cc2oc(N)nc2C)cc1. The molecule has 0 fully saturated rings. The van der Waals surface area contributed by atoms with Gasteiger partial charge in [0.25, 0.3) is 6.01 Å². The van der Waals surface area contributed by atoms with Crippen molar-refractivity contribution < 1.29 is 4.42 Å². The molecule has 0 unspecified atom stereocenters. The summed E-state index contributed by atoms with van der Waals surface area (Å²) in [5.74, 6) is 0.844. The number of hydrogen-bond donors (Lipinski definition) is 1. The van der Waals surface area contributed by atoms with Crippen molar-refractivity contribution in [1.82, 2.24) is 4.98 Å². The molecule has 1 aromatic heterocycles. The minimum absolute atomic E-state index is 0.245. The monoisotopic (exact) mass is 202 g/mol. The standard InChI is InChI=1S/C12H14N2O/c1-8-3-5-10(6-4-8)7-11-9(2)14-12(13)15-11/h3-6H,7H2,1-2H3,(H2,13,14). The second-order valence-corrected chi connectivity index (χ2v) is 3.72. The van der Waals surface area contributed by atoms with E-state index in [1.54, 1.807) is 0 Å². The molecule has 2 rings (SSSR count). The van der Waals surface area contributed by atoms with Crippen molar-refractivity contribution in [3.8, 4) is 0 Å². The summed E-state index contributed by atoms with van der Waals surface area (Å²) in [5, 5.41) is 0. The Labute approximate surface area is 88.9 Å². The van der Waals surface area contributed by atoms with Gasteiger partial charge in [-0.3, -0.25) is 0 Å². The van der Waals surface area contributed by atoms with Gasteiger partial charge in [0.1, 0.15) is 5.76 Å². The van der Waals surface area contributed by atoms with Crippen molar-refractivity contribution in [2.75, 3.05) is 5.73 Å². The Morgan fingerprint density at radius 2 is 1.87 bits per heavy atom. The number of rotatable bonds is 2. The fourth-order valence-corrected chi connectivity index (χ4v) is 1.51. The van der Waals surface area contributed by atoms with Crippen LogP contribution in [0.15, 0.2) is 28.7 Å².